The third-order valence-corrected chi connectivity index (χ3v) is 6.24. The van der Waals surface area contributed by atoms with Crippen LogP contribution in [-0.4, -0.2) is 12.3 Å². The van der Waals surface area contributed by atoms with Crippen molar-refractivity contribution in [1.29, 1.82) is 0 Å². The van der Waals surface area contributed by atoms with E-state index in [1.807, 2.05) is 23.9 Å². The molecule has 142 valence electrons. The molecule has 0 aromatic heterocycles. The molecular weight excluding hydrogens is 370 g/mol. The number of benzene rings is 3. The largest absolute Gasteiger partial charge is 0.310 e. The minimum atomic E-state index is 0.386. The molecule has 3 heteroatoms. The van der Waals surface area contributed by atoms with E-state index < -0.39 is 0 Å². The quantitative estimate of drug-likeness (QED) is 0.281. The second kappa shape index (κ2) is 10.8. The normalized spacial score (nSPS) is 12.4. The maximum absolute atomic E-state index is 5.92. The number of hydrogen-bond acceptors (Lipinski definition) is 2. The summed E-state index contributed by atoms with van der Waals surface area (Å²) in [7, 11) is 0. The minimum absolute atomic E-state index is 0.386. The third kappa shape index (κ3) is 6.27. The van der Waals surface area contributed by atoms with Gasteiger partial charge in [0.1, 0.15) is 0 Å². The van der Waals surface area contributed by atoms with E-state index in [0.717, 1.165) is 11.6 Å². The highest BCUT2D eigenvalue weighted by atomic mass is 35.5. The van der Waals surface area contributed by atoms with Gasteiger partial charge in [0.05, 0.1) is 0 Å². The van der Waals surface area contributed by atoms with E-state index in [9.17, 15) is 0 Å². The average Bonchev–Trinajstić information content (AvgIpc) is 2.70. The van der Waals surface area contributed by atoms with Crippen molar-refractivity contribution in [2.24, 2.45) is 0 Å². The Balaban J connectivity index is 1.31. The van der Waals surface area contributed by atoms with Crippen molar-refractivity contribution in [3.8, 4) is 0 Å². The van der Waals surface area contributed by atoms with Crippen molar-refractivity contribution < 1.29 is 0 Å². The summed E-state index contributed by atoms with van der Waals surface area (Å²) in [5.74, 6) is 1.18. The Labute approximate surface area is 172 Å². The highest BCUT2D eigenvalue weighted by Crippen LogP contribution is 2.24. The van der Waals surface area contributed by atoms with Crippen LogP contribution in [0.4, 0.5) is 0 Å². The zero-order valence-electron chi connectivity index (χ0n) is 16.0. The van der Waals surface area contributed by atoms with Gasteiger partial charge in [-0.15, -0.1) is 11.8 Å². The molecule has 0 saturated carbocycles. The number of unbranched alkanes of at least 4 members (excludes halogenated alkanes) is 3. The summed E-state index contributed by atoms with van der Waals surface area (Å²) in [6.45, 7) is 3.35. The fraction of sp³-hybridized carbons (Fsp3) is 0.333. The standard InChI is InChI=1S/C24H28ClNS/c1-19(23-12-8-10-20-9-4-5-11-24(20)23)26-17-6-2-3-7-18-27-22-15-13-21(25)14-16-22/h4-5,8-16,19,26H,2-3,6-7,17-18H2,1H3/t19-/m1/s1. The Morgan fingerprint density at radius 3 is 2.44 bits per heavy atom. The third-order valence-electron chi connectivity index (χ3n) is 4.89. The summed E-state index contributed by atoms with van der Waals surface area (Å²) >= 11 is 7.84. The molecule has 3 rings (SSSR count). The molecule has 0 aliphatic rings. The number of halogens is 1. The first-order valence-corrected chi connectivity index (χ1v) is 11.2. The first-order chi connectivity index (χ1) is 13.2. The molecule has 1 atom stereocenters. The van der Waals surface area contributed by atoms with E-state index in [0.29, 0.717) is 6.04 Å². The number of nitrogens with one attached hydrogen (secondary N) is 1. The van der Waals surface area contributed by atoms with Gasteiger partial charge in [-0.05, 0) is 72.7 Å². The second-order valence-electron chi connectivity index (χ2n) is 6.96. The first-order valence-electron chi connectivity index (χ1n) is 9.83. The maximum atomic E-state index is 5.92. The van der Waals surface area contributed by atoms with Crippen molar-refractivity contribution in [2.45, 2.75) is 43.5 Å². The van der Waals surface area contributed by atoms with Crippen LogP contribution < -0.4 is 5.32 Å². The highest BCUT2D eigenvalue weighted by Gasteiger charge is 2.08. The molecule has 3 aromatic carbocycles. The molecule has 0 bridgehead atoms. The van der Waals surface area contributed by atoms with Crippen molar-refractivity contribution in [1.82, 2.24) is 5.32 Å². The van der Waals surface area contributed by atoms with Crippen LogP contribution in [0.2, 0.25) is 5.02 Å². The maximum Gasteiger partial charge on any atom is 0.0406 e. The van der Waals surface area contributed by atoms with Gasteiger partial charge in [0.2, 0.25) is 0 Å². The molecule has 0 fully saturated rings. The van der Waals surface area contributed by atoms with Gasteiger partial charge in [-0.2, -0.15) is 0 Å². The van der Waals surface area contributed by atoms with Crippen LogP contribution in [0.3, 0.4) is 0 Å². The molecule has 0 aliphatic heterocycles. The van der Waals surface area contributed by atoms with E-state index in [1.165, 1.54) is 52.7 Å². The number of rotatable bonds is 10. The summed E-state index contributed by atoms with van der Waals surface area (Å²) in [6, 6.07) is 23.8. The molecule has 1 nitrogen and oxygen atoms in total. The van der Waals surface area contributed by atoms with Crippen LogP contribution in [0, 0.1) is 0 Å². The molecule has 3 aromatic rings. The Kier molecular flexibility index (Phi) is 8.07. The van der Waals surface area contributed by atoms with Crippen LogP contribution in [-0.2, 0) is 0 Å². The van der Waals surface area contributed by atoms with Gasteiger partial charge in [-0.3, -0.25) is 0 Å². The summed E-state index contributed by atoms with van der Waals surface area (Å²) in [5.41, 5.74) is 1.40. The van der Waals surface area contributed by atoms with Crippen molar-refractivity contribution >= 4 is 34.1 Å². The predicted octanol–water partition coefficient (Wildman–Crippen LogP) is 7.50. The van der Waals surface area contributed by atoms with Gasteiger partial charge in [0, 0.05) is 16.0 Å². The van der Waals surface area contributed by atoms with Crippen molar-refractivity contribution in [3.63, 3.8) is 0 Å². The van der Waals surface area contributed by atoms with Gasteiger partial charge in [-0.25, -0.2) is 0 Å². The molecule has 27 heavy (non-hydrogen) atoms. The number of fused-ring (bicyclic) bond motifs is 1. The zero-order valence-corrected chi connectivity index (χ0v) is 17.5. The van der Waals surface area contributed by atoms with Gasteiger partial charge in [0.15, 0.2) is 0 Å². The highest BCUT2D eigenvalue weighted by molar-refractivity contribution is 7.99. The lowest BCUT2D eigenvalue weighted by atomic mass is 9.99. The predicted molar refractivity (Wildman–Crippen MR) is 121 cm³/mol. The summed E-state index contributed by atoms with van der Waals surface area (Å²) in [6.07, 6.45) is 5.09. The SMILES string of the molecule is C[C@@H](NCCCCCCSc1ccc(Cl)cc1)c1cccc2ccccc12. The molecule has 1 N–H and O–H groups in total. The van der Waals surface area contributed by atoms with Gasteiger partial charge in [-0.1, -0.05) is 66.9 Å². The van der Waals surface area contributed by atoms with E-state index in [2.05, 4.69) is 66.8 Å². The topological polar surface area (TPSA) is 12.0 Å². The molecule has 0 aliphatic carbocycles. The van der Waals surface area contributed by atoms with Crippen molar-refractivity contribution in [2.75, 3.05) is 12.3 Å². The van der Waals surface area contributed by atoms with Crippen molar-refractivity contribution in [3.05, 3.63) is 77.3 Å². The van der Waals surface area contributed by atoms with E-state index in [1.54, 1.807) is 0 Å². The molecule has 0 heterocycles. The van der Waals surface area contributed by atoms with Crippen LogP contribution in [0.25, 0.3) is 10.8 Å². The number of hydrogen-bond donors (Lipinski definition) is 1. The lowest BCUT2D eigenvalue weighted by Gasteiger charge is -2.16. The second-order valence-corrected chi connectivity index (χ2v) is 8.57. The fourth-order valence-electron chi connectivity index (χ4n) is 3.36. The molecule has 0 radical (unpaired) electrons. The monoisotopic (exact) mass is 397 g/mol. The number of thioether (sulfide) groups is 1. The lowest BCUT2D eigenvalue weighted by Crippen LogP contribution is -2.20. The Morgan fingerprint density at radius 2 is 1.59 bits per heavy atom. The van der Waals surface area contributed by atoms with Gasteiger partial charge >= 0.3 is 0 Å². The van der Waals surface area contributed by atoms with E-state index in [-0.39, 0.29) is 0 Å². The average molecular weight is 398 g/mol. The van der Waals surface area contributed by atoms with Crippen LogP contribution >= 0.6 is 23.4 Å². The van der Waals surface area contributed by atoms with Crippen LogP contribution in [0.1, 0.15) is 44.2 Å². The van der Waals surface area contributed by atoms with Crippen LogP contribution in [0.15, 0.2) is 71.6 Å². The van der Waals surface area contributed by atoms with E-state index in [4.69, 9.17) is 11.6 Å². The van der Waals surface area contributed by atoms with Crippen LogP contribution in [0.5, 0.6) is 0 Å². The molecule has 0 saturated heterocycles. The summed E-state index contributed by atoms with van der Waals surface area (Å²) in [5, 5.41) is 7.19. The molecular formula is C24H28ClNS. The molecule has 0 amide bonds. The zero-order chi connectivity index (χ0) is 18.9. The van der Waals surface area contributed by atoms with E-state index >= 15 is 0 Å². The smallest absolute Gasteiger partial charge is 0.0406 e. The Hall–Kier alpha value is -1.48. The summed E-state index contributed by atoms with van der Waals surface area (Å²) in [4.78, 5) is 1.31. The molecule has 0 spiro atoms. The lowest BCUT2D eigenvalue weighted by molar-refractivity contribution is 0.539. The molecule has 0 unspecified atom stereocenters. The Morgan fingerprint density at radius 1 is 0.852 bits per heavy atom. The minimum Gasteiger partial charge on any atom is -0.310 e. The summed E-state index contributed by atoms with van der Waals surface area (Å²) < 4.78 is 0. The Bertz CT molecular complexity index is 826. The van der Waals surface area contributed by atoms with Gasteiger partial charge < -0.3 is 5.32 Å². The fourth-order valence-corrected chi connectivity index (χ4v) is 4.40. The first kappa shape index (κ1) is 20.3. The van der Waals surface area contributed by atoms with Gasteiger partial charge in [0.25, 0.3) is 0 Å².